The average molecular weight is 251 g/mol. The predicted octanol–water partition coefficient (Wildman–Crippen LogP) is 1.81. The zero-order valence-corrected chi connectivity index (χ0v) is 9.98. The van der Waals surface area contributed by atoms with Crippen molar-refractivity contribution in [1.29, 1.82) is 0 Å². The topological polar surface area (TPSA) is 62.6 Å². The number of ether oxygens (including phenoxy) is 1. The van der Waals surface area contributed by atoms with E-state index in [4.69, 9.17) is 9.84 Å². The van der Waals surface area contributed by atoms with Crippen molar-refractivity contribution in [3.8, 4) is 11.5 Å². The fourth-order valence-electron chi connectivity index (χ4n) is 1.45. The normalized spacial score (nSPS) is 10.4. The van der Waals surface area contributed by atoms with Crippen LogP contribution in [0.5, 0.6) is 11.5 Å². The molecule has 1 aromatic heterocycles. The van der Waals surface area contributed by atoms with E-state index in [1.54, 1.807) is 29.7 Å². The van der Waals surface area contributed by atoms with Crippen LogP contribution in [0.25, 0.3) is 0 Å². The van der Waals surface area contributed by atoms with Gasteiger partial charge in [-0.05, 0) is 6.07 Å². The third-order valence-corrected chi connectivity index (χ3v) is 3.02. The molecule has 2 aromatic rings. The van der Waals surface area contributed by atoms with E-state index in [-0.39, 0.29) is 19.0 Å². The van der Waals surface area contributed by atoms with Gasteiger partial charge >= 0.3 is 0 Å². The van der Waals surface area contributed by atoms with E-state index in [1.165, 1.54) is 0 Å². The number of thiazole rings is 1. The summed E-state index contributed by atoms with van der Waals surface area (Å²) >= 11 is 1.56. The minimum absolute atomic E-state index is 0.0401. The van der Waals surface area contributed by atoms with Crippen LogP contribution in [0.4, 0.5) is 0 Å². The van der Waals surface area contributed by atoms with E-state index in [1.807, 2.05) is 11.4 Å². The highest BCUT2D eigenvalue weighted by Crippen LogP contribution is 2.26. The molecule has 0 unspecified atom stereocenters. The Bertz CT molecular complexity index is 471. The number of phenols is 1. The van der Waals surface area contributed by atoms with E-state index in [0.717, 1.165) is 10.6 Å². The molecular formula is C12H13NO3S. The molecule has 2 rings (SSSR count). The first-order valence-electron chi connectivity index (χ1n) is 5.23. The van der Waals surface area contributed by atoms with Gasteiger partial charge in [-0.25, -0.2) is 4.98 Å². The number of benzene rings is 1. The molecule has 0 aliphatic rings. The maximum atomic E-state index is 9.82. The van der Waals surface area contributed by atoms with Crippen molar-refractivity contribution in [1.82, 2.24) is 4.98 Å². The number of hydrogen-bond donors (Lipinski definition) is 2. The minimum Gasteiger partial charge on any atom is -0.508 e. The Morgan fingerprint density at radius 3 is 2.88 bits per heavy atom. The van der Waals surface area contributed by atoms with Gasteiger partial charge in [0.1, 0.15) is 18.1 Å². The summed E-state index contributed by atoms with van der Waals surface area (Å²) in [4.78, 5) is 4.17. The summed E-state index contributed by atoms with van der Waals surface area (Å²) in [6, 6.07) is 5.14. The van der Waals surface area contributed by atoms with Crippen LogP contribution in [0.1, 0.15) is 10.6 Å². The van der Waals surface area contributed by atoms with Crippen LogP contribution in [0.3, 0.4) is 0 Å². The van der Waals surface area contributed by atoms with Crippen LogP contribution in [0.2, 0.25) is 0 Å². The van der Waals surface area contributed by atoms with Crippen molar-refractivity contribution < 1.29 is 14.9 Å². The number of rotatable bonds is 5. The molecular weight excluding hydrogens is 238 g/mol. The third-order valence-electron chi connectivity index (χ3n) is 2.24. The van der Waals surface area contributed by atoms with Gasteiger partial charge in [-0.3, -0.25) is 0 Å². The second-order valence-corrected chi connectivity index (χ2v) is 4.44. The first kappa shape index (κ1) is 11.9. The van der Waals surface area contributed by atoms with Crippen LogP contribution in [0, 0.1) is 0 Å². The van der Waals surface area contributed by atoms with Crippen LogP contribution in [0.15, 0.2) is 29.8 Å². The molecule has 0 aliphatic heterocycles. The molecule has 0 fully saturated rings. The summed E-state index contributed by atoms with van der Waals surface area (Å²) in [5.41, 5.74) is 0.816. The molecule has 0 spiro atoms. The first-order valence-corrected chi connectivity index (χ1v) is 6.11. The molecule has 1 heterocycles. The molecule has 0 radical (unpaired) electrons. The molecule has 0 amide bonds. The summed E-state index contributed by atoms with van der Waals surface area (Å²) in [5, 5.41) is 21.3. The largest absolute Gasteiger partial charge is 0.508 e. The number of hydrogen-bond acceptors (Lipinski definition) is 5. The Labute approximate surface area is 103 Å². The Balaban J connectivity index is 2.09. The van der Waals surface area contributed by atoms with E-state index in [2.05, 4.69) is 4.98 Å². The second kappa shape index (κ2) is 5.65. The molecule has 4 nitrogen and oxygen atoms in total. The zero-order chi connectivity index (χ0) is 12.1. The van der Waals surface area contributed by atoms with Crippen LogP contribution in [-0.2, 0) is 6.42 Å². The predicted molar refractivity (Wildman–Crippen MR) is 65.6 cm³/mol. The monoisotopic (exact) mass is 251 g/mol. The molecule has 90 valence electrons. The molecule has 1 aromatic carbocycles. The van der Waals surface area contributed by atoms with Crippen molar-refractivity contribution >= 4 is 11.3 Å². The minimum atomic E-state index is -0.0401. The summed E-state index contributed by atoms with van der Waals surface area (Å²) in [5.74, 6) is 0.745. The molecule has 0 saturated carbocycles. The van der Waals surface area contributed by atoms with Crippen LogP contribution >= 0.6 is 11.3 Å². The van der Waals surface area contributed by atoms with Gasteiger partial charge in [-0.15, -0.1) is 11.3 Å². The summed E-state index contributed by atoms with van der Waals surface area (Å²) in [6.07, 6.45) is 2.36. The van der Waals surface area contributed by atoms with E-state index in [0.29, 0.717) is 12.2 Å². The lowest BCUT2D eigenvalue weighted by Crippen LogP contribution is -2.01. The highest BCUT2D eigenvalue weighted by molar-refractivity contribution is 7.09. The van der Waals surface area contributed by atoms with Gasteiger partial charge in [0.2, 0.25) is 0 Å². The molecule has 2 N–H and O–H groups in total. The van der Waals surface area contributed by atoms with Crippen LogP contribution in [-0.4, -0.2) is 28.4 Å². The molecule has 0 bridgehead atoms. The lowest BCUT2D eigenvalue weighted by Gasteiger charge is -2.07. The molecule has 5 heteroatoms. The van der Waals surface area contributed by atoms with Crippen LogP contribution < -0.4 is 4.74 Å². The maximum Gasteiger partial charge on any atom is 0.123 e. The van der Waals surface area contributed by atoms with Gasteiger partial charge in [-0.1, -0.05) is 6.07 Å². The SMILES string of the molecule is OCCOc1ccc(Cc2nccs2)c(O)c1. The Morgan fingerprint density at radius 1 is 1.35 bits per heavy atom. The van der Waals surface area contributed by atoms with Gasteiger partial charge in [0.15, 0.2) is 0 Å². The number of aromatic nitrogens is 1. The smallest absolute Gasteiger partial charge is 0.123 e. The van der Waals surface area contributed by atoms with Gasteiger partial charge in [0, 0.05) is 29.6 Å². The first-order chi connectivity index (χ1) is 8.29. The van der Waals surface area contributed by atoms with Crippen molar-refractivity contribution in [2.75, 3.05) is 13.2 Å². The summed E-state index contributed by atoms with van der Waals surface area (Å²) in [6.45, 7) is 0.187. The van der Waals surface area contributed by atoms with Crippen molar-refractivity contribution in [3.05, 3.63) is 40.3 Å². The quantitative estimate of drug-likeness (QED) is 0.850. The number of aromatic hydroxyl groups is 1. The molecule has 0 aliphatic carbocycles. The van der Waals surface area contributed by atoms with Gasteiger partial charge in [0.05, 0.1) is 11.6 Å². The van der Waals surface area contributed by atoms with Crippen molar-refractivity contribution in [2.24, 2.45) is 0 Å². The lowest BCUT2D eigenvalue weighted by atomic mass is 10.1. The molecule has 0 saturated heterocycles. The fourth-order valence-corrected chi connectivity index (χ4v) is 2.09. The number of phenolic OH excluding ortho intramolecular Hbond substituents is 1. The zero-order valence-electron chi connectivity index (χ0n) is 9.17. The number of aliphatic hydroxyl groups excluding tert-OH is 1. The number of aliphatic hydroxyl groups is 1. The Morgan fingerprint density at radius 2 is 2.24 bits per heavy atom. The fraction of sp³-hybridized carbons (Fsp3) is 0.250. The third kappa shape index (κ3) is 3.18. The standard InChI is InChI=1S/C12H13NO3S/c14-4-5-16-10-2-1-9(11(15)8-10)7-12-13-3-6-17-12/h1-3,6,8,14-15H,4-5,7H2. The Kier molecular flexibility index (Phi) is 3.95. The highest BCUT2D eigenvalue weighted by atomic mass is 32.1. The lowest BCUT2D eigenvalue weighted by molar-refractivity contribution is 0.201. The van der Waals surface area contributed by atoms with E-state index in [9.17, 15) is 5.11 Å². The van der Waals surface area contributed by atoms with Crippen molar-refractivity contribution in [2.45, 2.75) is 6.42 Å². The maximum absolute atomic E-state index is 9.82. The van der Waals surface area contributed by atoms with Gasteiger partial charge < -0.3 is 14.9 Å². The summed E-state index contributed by atoms with van der Waals surface area (Å²) in [7, 11) is 0. The summed E-state index contributed by atoms with van der Waals surface area (Å²) < 4.78 is 5.20. The van der Waals surface area contributed by atoms with E-state index >= 15 is 0 Å². The van der Waals surface area contributed by atoms with Crippen molar-refractivity contribution in [3.63, 3.8) is 0 Å². The molecule has 0 atom stereocenters. The second-order valence-electron chi connectivity index (χ2n) is 3.47. The highest BCUT2D eigenvalue weighted by Gasteiger charge is 2.06. The van der Waals surface area contributed by atoms with Gasteiger partial charge in [0.25, 0.3) is 0 Å². The Hall–Kier alpha value is -1.59. The number of nitrogens with zero attached hydrogens (tertiary/aromatic N) is 1. The molecule has 17 heavy (non-hydrogen) atoms. The average Bonchev–Trinajstić information content (AvgIpc) is 2.82. The van der Waals surface area contributed by atoms with E-state index < -0.39 is 0 Å². The van der Waals surface area contributed by atoms with Gasteiger partial charge in [-0.2, -0.15) is 0 Å².